The summed E-state index contributed by atoms with van der Waals surface area (Å²) in [7, 11) is 1.54. The standard InChI is InChI=1S/C14H12N4O/c1-19-12-3-2-8-17-13(12)14(16)18-11-6-4-10(9-15)5-7-11/h2-8H,1H3,(H2,16,18). The Balaban J connectivity index is 2.18. The van der Waals surface area contributed by atoms with Gasteiger partial charge in [0, 0.05) is 11.9 Å². The fourth-order valence-corrected chi connectivity index (χ4v) is 1.57. The van der Waals surface area contributed by atoms with Gasteiger partial charge in [0.05, 0.1) is 18.7 Å². The summed E-state index contributed by atoms with van der Waals surface area (Å²) in [5, 5.41) is 19.6. The van der Waals surface area contributed by atoms with Crippen molar-refractivity contribution in [3.05, 3.63) is 53.9 Å². The van der Waals surface area contributed by atoms with E-state index in [1.807, 2.05) is 6.07 Å². The Labute approximate surface area is 111 Å². The largest absolute Gasteiger partial charge is 0.494 e. The average molecular weight is 252 g/mol. The van der Waals surface area contributed by atoms with Crippen molar-refractivity contribution in [2.45, 2.75) is 0 Å². The van der Waals surface area contributed by atoms with Crippen molar-refractivity contribution in [3.63, 3.8) is 0 Å². The van der Waals surface area contributed by atoms with Gasteiger partial charge < -0.3 is 10.1 Å². The van der Waals surface area contributed by atoms with Crippen LogP contribution in [-0.4, -0.2) is 17.9 Å². The molecule has 2 N–H and O–H groups in total. The van der Waals surface area contributed by atoms with Crippen LogP contribution in [0.3, 0.4) is 0 Å². The molecule has 5 nitrogen and oxygen atoms in total. The number of ether oxygens (including phenoxy) is 1. The highest BCUT2D eigenvalue weighted by molar-refractivity contribution is 6.06. The number of anilines is 1. The average Bonchev–Trinajstić information content (AvgIpc) is 2.48. The highest BCUT2D eigenvalue weighted by atomic mass is 16.5. The Hall–Kier alpha value is -2.87. The Bertz CT molecular complexity index is 629. The molecule has 0 saturated heterocycles. The first-order valence-corrected chi connectivity index (χ1v) is 5.59. The molecule has 0 spiro atoms. The lowest BCUT2D eigenvalue weighted by molar-refractivity contribution is 0.412. The maximum Gasteiger partial charge on any atom is 0.152 e. The van der Waals surface area contributed by atoms with Gasteiger partial charge in [0.1, 0.15) is 11.4 Å². The fraction of sp³-hybridized carbons (Fsp3) is 0.0714. The van der Waals surface area contributed by atoms with Gasteiger partial charge in [-0.15, -0.1) is 0 Å². The summed E-state index contributed by atoms with van der Waals surface area (Å²) in [6.07, 6.45) is 1.60. The van der Waals surface area contributed by atoms with Crippen LogP contribution in [0.4, 0.5) is 5.69 Å². The number of benzene rings is 1. The van der Waals surface area contributed by atoms with Crippen LogP contribution in [0.25, 0.3) is 0 Å². The first-order chi connectivity index (χ1) is 9.24. The Morgan fingerprint density at radius 2 is 2.05 bits per heavy atom. The van der Waals surface area contributed by atoms with Gasteiger partial charge >= 0.3 is 0 Å². The number of hydrogen-bond donors (Lipinski definition) is 2. The molecule has 0 fully saturated rings. The van der Waals surface area contributed by atoms with Crippen LogP contribution in [0, 0.1) is 16.7 Å². The van der Waals surface area contributed by atoms with Gasteiger partial charge in [0.15, 0.2) is 5.84 Å². The van der Waals surface area contributed by atoms with E-state index in [2.05, 4.69) is 10.3 Å². The summed E-state index contributed by atoms with van der Waals surface area (Å²) < 4.78 is 5.15. The Kier molecular flexibility index (Phi) is 3.74. The summed E-state index contributed by atoms with van der Waals surface area (Å²) in [4.78, 5) is 4.11. The van der Waals surface area contributed by atoms with Crippen molar-refractivity contribution >= 4 is 11.5 Å². The molecule has 5 heteroatoms. The second-order valence-corrected chi connectivity index (χ2v) is 3.74. The smallest absolute Gasteiger partial charge is 0.152 e. The summed E-state index contributed by atoms with van der Waals surface area (Å²) in [6.45, 7) is 0. The predicted molar refractivity (Wildman–Crippen MR) is 72.4 cm³/mol. The summed E-state index contributed by atoms with van der Waals surface area (Å²) in [6, 6.07) is 12.4. The van der Waals surface area contributed by atoms with Gasteiger partial charge in [-0.05, 0) is 36.4 Å². The molecule has 0 unspecified atom stereocenters. The molecule has 19 heavy (non-hydrogen) atoms. The monoisotopic (exact) mass is 252 g/mol. The Morgan fingerprint density at radius 1 is 1.32 bits per heavy atom. The van der Waals surface area contributed by atoms with Gasteiger partial charge in [-0.25, -0.2) is 4.98 Å². The lowest BCUT2D eigenvalue weighted by Crippen LogP contribution is -2.14. The van der Waals surface area contributed by atoms with Crippen molar-refractivity contribution in [2.75, 3.05) is 12.4 Å². The molecule has 0 saturated carbocycles. The van der Waals surface area contributed by atoms with Gasteiger partial charge in [-0.1, -0.05) is 0 Å². The van der Waals surface area contributed by atoms with Crippen molar-refractivity contribution in [1.82, 2.24) is 4.98 Å². The van der Waals surface area contributed by atoms with Crippen LogP contribution in [-0.2, 0) is 0 Å². The number of amidine groups is 1. The molecule has 0 aliphatic heterocycles. The molecule has 2 rings (SSSR count). The second kappa shape index (κ2) is 5.65. The molecule has 1 aromatic carbocycles. The maximum atomic E-state index is 8.72. The Morgan fingerprint density at radius 3 is 2.68 bits per heavy atom. The molecule has 1 heterocycles. The highest BCUT2D eigenvalue weighted by Crippen LogP contribution is 2.17. The van der Waals surface area contributed by atoms with E-state index >= 15 is 0 Å². The van der Waals surface area contributed by atoms with E-state index in [1.54, 1.807) is 42.6 Å². The highest BCUT2D eigenvalue weighted by Gasteiger charge is 2.09. The zero-order chi connectivity index (χ0) is 13.7. The van der Waals surface area contributed by atoms with Gasteiger partial charge in [0.25, 0.3) is 0 Å². The van der Waals surface area contributed by atoms with Crippen LogP contribution in [0.5, 0.6) is 5.75 Å². The molecule has 94 valence electrons. The number of aromatic nitrogens is 1. The third kappa shape index (κ3) is 2.87. The van der Waals surface area contributed by atoms with Crippen LogP contribution in [0.1, 0.15) is 11.3 Å². The molecule has 0 aliphatic rings. The third-order valence-corrected chi connectivity index (χ3v) is 2.51. The summed E-state index contributed by atoms with van der Waals surface area (Å²) >= 11 is 0. The zero-order valence-electron chi connectivity index (χ0n) is 10.3. The van der Waals surface area contributed by atoms with Crippen LogP contribution in [0.2, 0.25) is 0 Å². The number of nitriles is 1. The van der Waals surface area contributed by atoms with Crippen LogP contribution in [0.15, 0.2) is 42.6 Å². The topological polar surface area (TPSA) is 81.8 Å². The van der Waals surface area contributed by atoms with E-state index in [0.717, 1.165) is 5.69 Å². The van der Waals surface area contributed by atoms with Gasteiger partial charge in [-0.3, -0.25) is 5.41 Å². The van der Waals surface area contributed by atoms with Crippen molar-refractivity contribution < 1.29 is 4.74 Å². The normalized spacial score (nSPS) is 9.47. The zero-order valence-corrected chi connectivity index (χ0v) is 10.3. The molecule has 1 aromatic heterocycles. The third-order valence-electron chi connectivity index (χ3n) is 2.51. The number of pyridine rings is 1. The predicted octanol–water partition coefficient (Wildman–Crippen LogP) is 2.40. The SMILES string of the molecule is COc1cccnc1C(=N)Nc1ccc(C#N)cc1. The van der Waals surface area contributed by atoms with E-state index in [0.29, 0.717) is 17.0 Å². The van der Waals surface area contributed by atoms with Crippen molar-refractivity contribution in [1.29, 1.82) is 10.7 Å². The maximum absolute atomic E-state index is 8.72. The van der Waals surface area contributed by atoms with Crippen LogP contribution < -0.4 is 10.1 Å². The first-order valence-electron chi connectivity index (χ1n) is 5.59. The molecule has 2 aromatic rings. The molecular formula is C14H12N4O. The number of nitrogens with one attached hydrogen (secondary N) is 2. The quantitative estimate of drug-likeness (QED) is 0.649. The minimum absolute atomic E-state index is 0.141. The fourth-order valence-electron chi connectivity index (χ4n) is 1.57. The molecule has 0 atom stereocenters. The minimum Gasteiger partial charge on any atom is -0.494 e. The van der Waals surface area contributed by atoms with E-state index in [1.165, 1.54) is 7.11 Å². The van der Waals surface area contributed by atoms with Gasteiger partial charge in [-0.2, -0.15) is 5.26 Å². The van der Waals surface area contributed by atoms with E-state index in [-0.39, 0.29) is 5.84 Å². The number of rotatable bonds is 3. The molecular weight excluding hydrogens is 240 g/mol. The molecule has 0 radical (unpaired) electrons. The van der Waals surface area contributed by atoms with E-state index in [9.17, 15) is 0 Å². The van der Waals surface area contributed by atoms with Crippen molar-refractivity contribution in [2.24, 2.45) is 0 Å². The van der Waals surface area contributed by atoms with Gasteiger partial charge in [0.2, 0.25) is 0 Å². The second-order valence-electron chi connectivity index (χ2n) is 3.74. The van der Waals surface area contributed by atoms with Crippen molar-refractivity contribution in [3.8, 4) is 11.8 Å². The molecule has 0 amide bonds. The number of nitrogens with zero attached hydrogens (tertiary/aromatic N) is 2. The number of hydrogen-bond acceptors (Lipinski definition) is 4. The summed E-state index contributed by atoms with van der Waals surface area (Å²) in [5.74, 6) is 0.677. The van der Waals surface area contributed by atoms with E-state index in [4.69, 9.17) is 15.4 Å². The lowest BCUT2D eigenvalue weighted by atomic mass is 10.2. The first kappa shape index (κ1) is 12.6. The lowest BCUT2D eigenvalue weighted by Gasteiger charge is -2.10. The molecule has 0 bridgehead atoms. The minimum atomic E-state index is 0.141. The van der Waals surface area contributed by atoms with Crippen LogP contribution >= 0.6 is 0 Å². The summed E-state index contributed by atoms with van der Waals surface area (Å²) in [5.41, 5.74) is 1.73. The van der Waals surface area contributed by atoms with E-state index < -0.39 is 0 Å². The number of methoxy groups -OCH3 is 1. The molecule has 0 aliphatic carbocycles.